The molecular weight excluding hydrogens is 236 g/mol. The van der Waals surface area contributed by atoms with E-state index in [0.717, 1.165) is 18.9 Å². The average molecular weight is 251 g/mol. The van der Waals surface area contributed by atoms with Crippen LogP contribution in [0.5, 0.6) is 0 Å². The summed E-state index contributed by atoms with van der Waals surface area (Å²) in [4.78, 5) is 4.13. The van der Waals surface area contributed by atoms with Gasteiger partial charge >= 0.3 is 0 Å². The lowest BCUT2D eigenvalue weighted by Crippen LogP contribution is -2.30. The molecule has 1 aromatic heterocycles. The summed E-state index contributed by atoms with van der Waals surface area (Å²) in [5.74, 6) is -1.05. The summed E-state index contributed by atoms with van der Waals surface area (Å²) >= 11 is 0. The molecule has 0 spiro atoms. The Bertz CT molecular complexity index is 627. The van der Waals surface area contributed by atoms with Gasteiger partial charge in [-0.05, 0) is 44.7 Å². The Hall–Kier alpha value is -1.65. The molecular formula is C13H15F2N3. The second-order valence-electron chi connectivity index (χ2n) is 5.46. The van der Waals surface area contributed by atoms with E-state index < -0.39 is 11.6 Å². The summed E-state index contributed by atoms with van der Waals surface area (Å²) < 4.78 is 29.0. The molecule has 0 radical (unpaired) electrons. The van der Waals surface area contributed by atoms with Gasteiger partial charge < -0.3 is 10.3 Å². The maximum atomic E-state index is 14.0. The standard InChI is InChI=1S/C13H15F2N3/c1-13(2,7-3-4-7)18-11-9(17-12(18)16)6-5-8(14)10(11)15/h5-7H,3-4H2,1-2H3,(H2,16,17). The lowest BCUT2D eigenvalue weighted by molar-refractivity contribution is 0.315. The number of halogens is 2. The van der Waals surface area contributed by atoms with Crippen molar-refractivity contribution < 1.29 is 8.78 Å². The second kappa shape index (κ2) is 3.43. The van der Waals surface area contributed by atoms with Gasteiger partial charge in [0.05, 0.1) is 5.52 Å². The van der Waals surface area contributed by atoms with Gasteiger partial charge in [-0.15, -0.1) is 0 Å². The summed E-state index contributed by atoms with van der Waals surface area (Å²) in [7, 11) is 0. The van der Waals surface area contributed by atoms with Crippen LogP contribution in [0.4, 0.5) is 14.7 Å². The highest BCUT2D eigenvalue weighted by atomic mass is 19.2. The molecule has 96 valence electrons. The smallest absolute Gasteiger partial charge is 0.201 e. The van der Waals surface area contributed by atoms with Crippen LogP contribution in [0.2, 0.25) is 0 Å². The van der Waals surface area contributed by atoms with Gasteiger partial charge in [0.1, 0.15) is 5.52 Å². The molecule has 0 bridgehead atoms. The van der Waals surface area contributed by atoms with Crippen LogP contribution in [0.15, 0.2) is 12.1 Å². The van der Waals surface area contributed by atoms with Gasteiger partial charge in [0, 0.05) is 5.54 Å². The summed E-state index contributed by atoms with van der Waals surface area (Å²) in [6, 6.07) is 2.54. The van der Waals surface area contributed by atoms with Crippen LogP contribution in [0, 0.1) is 17.6 Å². The maximum absolute atomic E-state index is 14.0. The minimum absolute atomic E-state index is 0.171. The topological polar surface area (TPSA) is 43.8 Å². The van der Waals surface area contributed by atoms with Crippen molar-refractivity contribution in [3.05, 3.63) is 23.8 Å². The van der Waals surface area contributed by atoms with E-state index in [-0.39, 0.29) is 17.0 Å². The third-order valence-corrected chi connectivity index (χ3v) is 3.89. The quantitative estimate of drug-likeness (QED) is 0.891. The van der Waals surface area contributed by atoms with E-state index in [1.165, 1.54) is 6.07 Å². The predicted molar refractivity (Wildman–Crippen MR) is 66.1 cm³/mol. The van der Waals surface area contributed by atoms with Crippen molar-refractivity contribution in [1.82, 2.24) is 9.55 Å². The van der Waals surface area contributed by atoms with E-state index in [4.69, 9.17) is 5.73 Å². The molecule has 5 heteroatoms. The highest BCUT2D eigenvalue weighted by Gasteiger charge is 2.41. The lowest BCUT2D eigenvalue weighted by atomic mass is 9.98. The third-order valence-electron chi connectivity index (χ3n) is 3.89. The molecule has 0 saturated heterocycles. The van der Waals surface area contributed by atoms with Crippen LogP contribution >= 0.6 is 0 Å². The molecule has 1 heterocycles. The number of hydrogen-bond donors (Lipinski definition) is 1. The van der Waals surface area contributed by atoms with E-state index in [1.54, 1.807) is 4.57 Å². The number of hydrogen-bond acceptors (Lipinski definition) is 2. The number of fused-ring (bicyclic) bond motifs is 1. The molecule has 18 heavy (non-hydrogen) atoms. The maximum Gasteiger partial charge on any atom is 0.201 e. The highest BCUT2D eigenvalue weighted by molar-refractivity contribution is 5.79. The van der Waals surface area contributed by atoms with Crippen molar-refractivity contribution in [2.75, 3.05) is 5.73 Å². The summed E-state index contributed by atoms with van der Waals surface area (Å²) in [5.41, 5.74) is 6.12. The van der Waals surface area contributed by atoms with Gasteiger partial charge in [-0.25, -0.2) is 13.8 Å². The largest absolute Gasteiger partial charge is 0.369 e. The van der Waals surface area contributed by atoms with E-state index >= 15 is 0 Å². The lowest BCUT2D eigenvalue weighted by Gasteiger charge is -2.28. The molecule has 1 saturated carbocycles. The van der Waals surface area contributed by atoms with E-state index in [1.807, 2.05) is 13.8 Å². The highest BCUT2D eigenvalue weighted by Crippen LogP contribution is 2.46. The van der Waals surface area contributed by atoms with Crippen LogP contribution in [0.25, 0.3) is 11.0 Å². The Morgan fingerprint density at radius 3 is 2.61 bits per heavy atom. The molecule has 3 rings (SSSR count). The second-order valence-corrected chi connectivity index (χ2v) is 5.46. The minimum Gasteiger partial charge on any atom is -0.369 e. The summed E-state index contributed by atoms with van der Waals surface area (Å²) in [6.45, 7) is 3.99. The van der Waals surface area contributed by atoms with Gasteiger partial charge in [0.15, 0.2) is 11.6 Å². The first-order valence-corrected chi connectivity index (χ1v) is 6.05. The number of nitrogen functional groups attached to an aromatic ring is 1. The predicted octanol–water partition coefficient (Wildman–Crippen LogP) is 3.04. The van der Waals surface area contributed by atoms with Crippen LogP contribution in [-0.2, 0) is 5.54 Å². The molecule has 1 aromatic carbocycles. The van der Waals surface area contributed by atoms with Crippen molar-refractivity contribution in [2.24, 2.45) is 5.92 Å². The Kier molecular flexibility index (Phi) is 2.18. The first kappa shape index (κ1) is 11.4. The zero-order valence-corrected chi connectivity index (χ0v) is 10.4. The summed E-state index contributed by atoms with van der Waals surface area (Å²) in [6.07, 6.45) is 2.17. The van der Waals surface area contributed by atoms with Crippen molar-refractivity contribution in [3.63, 3.8) is 0 Å². The zero-order valence-electron chi connectivity index (χ0n) is 10.4. The Labute approximate surface area is 104 Å². The van der Waals surface area contributed by atoms with E-state index in [0.29, 0.717) is 11.4 Å². The normalized spacial score (nSPS) is 16.4. The van der Waals surface area contributed by atoms with Crippen LogP contribution in [-0.4, -0.2) is 9.55 Å². The molecule has 1 aliphatic carbocycles. The number of aromatic nitrogens is 2. The molecule has 2 aromatic rings. The molecule has 2 N–H and O–H groups in total. The fourth-order valence-corrected chi connectivity index (χ4v) is 2.68. The van der Waals surface area contributed by atoms with Crippen molar-refractivity contribution >= 4 is 17.0 Å². The van der Waals surface area contributed by atoms with Crippen molar-refractivity contribution in [2.45, 2.75) is 32.2 Å². The minimum atomic E-state index is -0.870. The molecule has 0 atom stereocenters. The van der Waals surface area contributed by atoms with Crippen LogP contribution in [0.1, 0.15) is 26.7 Å². The van der Waals surface area contributed by atoms with Gasteiger partial charge in [-0.1, -0.05) is 0 Å². The molecule has 3 nitrogen and oxygen atoms in total. The van der Waals surface area contributed by atoms with Gasteiger partial charge in [0.2, 0.25) is 5.95 Å². The number of anilines is 1. The zero-order chi connectivity index (χ0) is 13.1. The molecule has 0 amide bonds. The Balaban J connectivity index is 2.34. The first-order valence-electron chi connectivity index (χ1n) is 6.05. The fraction of sp³-hybridized carbons (Fsp3) is 0.462. The third kappa shape index (κ3) is 1.43. The van der Waals surface area contributed by atoms with Crippen LogP contribution < -0.4 is 5.73 Å². The van der Waals surface area contributed by atoms with Crippen molar-refractivity contribution in [3.8, 4) is 0 Å². The molecule has 0 unspecified atom stereocenters. The summed E-state index contributed by atoms with van der Waals surface area (Å²) in [5, 5.41) is 0. The monoisotopic (exact) mass is 251 g/mol. The number of rotatable bonds is 2. The van der Waals surface area contributed by atoms with E-state index in [2.05, 4.69) is 4.98 Å². The number of nitrogens with two attached hydrogens (primary N) is 1. The average Bonchev–Trinajstić information content (AvgIpc) is 3.08. The SMILES string of the molecule is CC(C)(C1CC1)n1c(N)nc2ccc(F)c(F)c21. The number of nitrogens with zero attached hydrogens (tertiary/aromatic N) is 2. The van der Waals surface area contributed by atoms with Gasteiger partial charge in [-0.2, -0.15) is 0 Å². The first-order chi connectivity index (χ1) is 8.43. The van der Waals surface area contributed by atoms with Crippen LogP contribution in [0.3, 0.4) is 0 Å². The Morgan fingerprint density at radius 2 is 2.00 bits per heavy atom. The molecule has 1 aliphatic rings. The van der Waals surface area contributed by atoms with Gasteiger partial charge in [0.25, 0.3) is 0 Å². The van der Waals surface area contributed by atoms with Gasteiger partial charge in [-0.3, -0.25) is 0 Å². The molecule has 1 fully saturated rings. The Morgan fingerprint density at radius 1 is 1.33 bits per heavy atom. The fourth-order valence-electron chi connectivity index (χ4n) is 2.68. The number of benzene rings is 1. The van der Waals surface area contributed by atoms with Crippen molar-refractivity contribution in [1.29, 1.82) is 0 Å². The van der Waals surface area contributed by atoms with E-state index in [9.17, 15) is 8.78 Å². The number of imidazole rings is 1. The molecule has 0 aliphatic heterocycles.